The van der Waals surface area contributed by atoms with Crippen LogP contribution in [0.5, 0.6) is 5.75 Å². The number of benzene rings is 2. The number of aromatic nitrogens is 1. The molecule has 6 nitrogen and oxygen atoms in total. The van der Waals surface area contributed by atoms with Crippen molar-refractivity contribution < 1.29 is 14.3 Å². The molecule has 1 aromatic heterocycles. The van der Waals surface area contributed by atoms with E-state index < -0.39 is 12.0 Å². The highest BCUT2D eigenvalue weighted by Gasteiger charge is 2.33. The number of nitrogens with zero attached hydrogens (tertiary/aromatic N) is 2. The normalized spacial score (nSPS) is 15.5. The lowest BCUT2D eigenvalue weighted by Gasteiger charge is -2.24. The van der Waals surface area contributed by atoms with Gasteiger partial charge in [0.15, 0.2) is 4.80 Å². The predicted molar refractivity (Wildman–Crippen MR) is 144 cm³/mol. The molecule has 0 amide bonds. The summed E-state index contributed by atoms with van der Waals surface area (Å²) in [5, 5.41) is 0.838. The van der Waals surface area contributed by atoms with E-state index in [0.717, 1.165) is 29.7 Å². The Hall–Kier alpha value is -2.87. The minimum Gasteiger partial charge on any atom is -0.494 e. The number of rotatable bonds is 8. The van der Waals surface area contributed by atoms with Gasteiger partial charge in [-0.25, -0.2) is 9.79 Å². The van der Waals surface area contributed by atoms with E-state index in [4.69, 9.17) is 32.7 Å². The van der Waals surface area contributed by atoms with E-state index in [2.05, 4.69) is 11.9 Å². The van der Waals surface area contributed by atoms with Crippen LogP contribution in [-0.4, -0.2) is 23.8 Å². The molecule has 0 radical (unpaired) electrons. The maximum atomic E-state index is 13.7. The molecule has 0 saturated heterocycles. The summed E-state index contributed by atoms with van der Waals surface area (Å²) in [6.45, 7) is 6.46. The van der Waals surface area contributed by atoms with E-state index in [1.165, 1.54) is 11.3 Å². The van der Waals surface area contributed by atoms with Crippen molar-refractivity contribution in [3.63, 3.8) is 0 Å². The number of esters is 1. The van der Waals surface area contributed by atoms with Gasteiger partial charge in [-0.2, -0.15) is 0 Å². The van der Waals surface area contributed by atoms with Gasteiger partial charge in [-0.3, -0.25) is 9.36 Å². The van der Waals surface area contributed by atoms with Crippen LogP contribution in [-0.2, 0) is 9.53 Å². The average Bonchev–Trinajstić information content (AvgIpc) is 3.15. The average molecular weight is 545 g/mol. The third-order valence-corrected chi connectivity index (χ3v) is 7.44. The van der Waals surface area contributed by atoms with Gasteiger partial charge in [-0.15, -0.1) is 0 Å². The fourth-order valence-corrected chi connectivity index (χ4v) is 5.29. The molecule has 1 aliphatic heterocycles. The molecule has 0 bridgehead atoms. The number of hydrogen-bond donors (Lipinski definition) is 0. The lowest BCUT2D eigenvalue weighted by Crippen LogP contribution is -2.39. The van der Waals surface area contributed by atoms with Gasteiger partial charge in [0, 0.05) is 0 Å². The molecule has 1 unspecified atom stereocenters. The molecule has 9 heteroatoms. The van der Waals surface area contributed by atoms with Crippen molar-refractivity contribution in [2.45, 2.75) is 39.7 Å². The number of allylic oxidation sites excluding steroid dienone is 1. The Morgan fingerprint density at radius 3 is 2.56 bits per heavy atom. The molecule has 4 rings (SSSR count). The van der Waals surface area contributed by atoms with Crippen molar-refractivity contribution in [3.05, 3.63) is 94.6 Å². The molecule has 1 aliphatic rings. The highest BCUT2D eigenvalue weighted by atomic mass is 35.5. The summed E-state index contributed by atoms with van der Waals surface area (Å²) in [5.41, 5.74) is 2.10. The quantitative estimate of drug-likeness (QED) is 0.285. The van der Waals surface area contributed by atoms with E-state index in [9.17, 15) is 9.59 Å². The molecule has 0 spiro atoms. The Morgan fingerprint density at radius 1 is 1.14 bits per heavy atom. The van der Waals surface area contributed by atoms with Gasteiger partial charge in [0.2, 0.25) is 0 Å². The first kappa shape index (κ1) is 26.2. The van der Waals surface area contributed by atoms with Gasteiger partial charge in [0.25, 0.3) is 5.56 Å². The first-order chi connectivity index (χ1) is 17.3. The van der Waals surface area contributed by atoms with Crippen molar-refractivity contribution >= 4 is 46.6 Å². The standard InChI is InChI=1S/C27H26Cl2N2O4S/c1-4-6-13-35-19-10-8-18(9-11-19)24-23(26(33)34-5-2)16(3)30-27-31(24)25(32)22(36-27)15-17-7-12-20(28)21(29)14-17/h7-12,14-15,24H,4-6,13H2,1-3H3. The molecule has 0 N–H and O–H groups in total. The number of carbonyl (C=O) groups is 1. The van der Waals surface area contributed by atoms with E-state index in [-0.39, 0.29) is 12.2 Å². The molecule has 0 aliphatic carbocycles. The van der Waals surface area contributed by atoms with Crippen molar-refractivity contribution in [2.75, 3.05) is 13.2 Å². The predicted octanol–water partition coefficient (Wildman–Crippen LogP) is 5.28. The summed E-state index contributed by atoms with van der Waals surface area (Å²) in [6, 6.07) is 12.0. The number of thiazole rings is 1. The summed E-state index contributed by atoms with van der Waals surface area (Å²) in [4.78, 5) is 31.8. The van der Waals surface area contributed by atoms with Crippen LogP contribution in [0.25, 0.3) is 6.08 Å². The van der Waals surface area contributed by atoms with Crippen LogP contribution in [0.3, 0.4) is 0 Å². The van der Waals surface area contributed by atoms with Crippen molar-refractivity contribution in [2.24, 2.45) is 4.99 Å². The van der Waals surface area contributed by atoms with Crippen LogP contribution >= 0.6 is 34.5 Å². The maximum absolute atomic E-state index is 13.7. The van der Waals surface area contributed by atoms with E-state index in [1.807, 2.05) is 24.3 Å². The monoisotopic (exact) mass is 544 g/mol. The van der Waals surface area contributed by atoms with Crippen LogP contribution < -0.4 is 19.6 Å². The van der Waals surface area contributed by atoms with Gasteiger partial charge in [-0.1, -0.05) is 66.1 Å². The van der Waals surface area contributed by atoms with Gasteiger partial charge >= 0.3 is 5.97 Å². The largest absolute Gasteiger partial charge is 0.494 e. The summed E-state index contributed by atoms with van der Waals surface area (Å²) >= 11 is 13.5. The van der Waals surface area contributed by atoms with Crippen LogP contribution in [0.4, 0.5) is 0 Å². The lowest BCUT2D eigenvalue weighted by atomic mass is 9.96. The summed E-state index contributed by atoms with van der Waals surface area (Å²) < 4.78 is 13.2. The fraction of sp³-hybridized carbons (Fsp3) is 0.296. The van der Waals surface area contributed by atoms with Crippen LogP contribution in [0.1, 0.15) is 50.8 Å². The maximum Gasteiger partial charge on any atom is 0.338 e. The van der Waals surface area contributed by atoms with Crippen molar-refractivity contribution in [1.29, 1.82) is 0 Å². The summed E-state index contributed by atoms with van der Waals surface area (Å²) in [5.74, 6) is 0.239. The third kappa shape index (κ3) is 5.43. The van der Waals surface area contributed by atoms with E-state index in [1.54, 1.807) is 42.7 Å². The highest BCUT2D eigenvalue weighted by Crippen LogP contribution is 2.31. The molecule has 188 valence electrons. The second-order valence-electron chi connectivity index (χ2n) is 8.25. The van der Waals surface area contributed by atoms with Gasteiger partial charge in [0.1, 0.15) is 5.75 Å². The smallest absolute Gasteiger partial charge is 0.338 e. The zero-order valence-electron chi connectivity index (χ0n) is 20.2. The number of halogens is 2. The Bertz CT molecular complexity index is 1490. The lowest BCUT2D eigenvalue weighted by molar-refractivity contribution is -0.139. The van der Waals surface area contributed by atoms with E-state index in [0.29, 0.717) is 37.3 Å². The molecule has 2 aromatic carbocycles. The summed E-state index contributed by atoms with van der Waals surface area (Å²) in [7, 11) is 0. The second-order valence-corrected chi connectivity index (χ2v) is 10.1. The third-order valence-electron chi connectivity index (χ3n) is 5.72. The SMILES string of the molecule is CCCCOc1ccc(C2C(C(=O)OCC)=C(C)N=c3sc(=Cc4ccc(Cl)c(Cl)c4)c(=O)n32)cc1. The Labute approximate surface area is 223 Å². The molecule has 0 fully saturated rings. The number of unbranched alkanes of at least 4 members (excludes halogenated alkanes) is 1. The Balaban J connectivity index is 1.84. The molecule has 3 aromatic rings. The minimum absolute atomic E-state index is 0.217. The van der Waals surface area contributed by atoms with Crippen LogP contribution in [0.2, 0.25) is 10.0 Å². The number of carbonyl (C=O) groups excluding carboxylic acids is 1. The zero-order chi connectivity index (χ0) is 25.8. The molecule has 1 atom stereocenters. The second kappa shape index (κ2) is 11.5. The number of ether oxygens (including phenoxy) is 2. The molecule has 2 heterocycles. The molecule has 36 heavy (non-hydrogen) atoms. The molecule has 0 saturated carbocycles. The molecular weight excluding hydrogens is 519 g/mol. The fourth-order valence-electron chi connectivity index (χ4n) is 3.94. The van der Waals surface area contributed by atoms with Gasteiger partial charge < -0.3 is 9.47 Å². The minimum atomic E-state index is -0.680. The van der Waals surface area contributed by atoms with E-state index >= 15 is 0 Å². The number of fused-ring (bicyclic) bond motifs is 1. The van der Waals surface area contributed by atoms with Crippen LogP contribution in [0.15, 0.2) is 63.5 Å². The van der Waals surface area contributed by atoms with Crippen molar-refractivity contribution in [3.8, 4) is 5.75 Å². The van der Waals surface area contributed by atoms with Crippen LogP contribution in [0, 0.1) is 0 Å². The zero-order valence-corrected chi connectivity index (χ0v) is 22.5. The Kier molecular flexibility index (Phi) is 8.34. The first-order valence-electron chi connectivity index (χ1n) is 11.7. The van der Waals surface area contributed by atoms with Crippen molar-refractivity contribution in [1.82, 2.24) is 4.57 Å². The van der Waals surface area contributed by atoms with Gasteiger partial charge in [0.05, 0.1) is 45.1 Å². The summed E-state index contributed by atoms with van der Waals surface area (Å²) in [6.07, 6.45) is 3.76. The highest BCUT2D eigenvalue weighted by molar-refractivity contribution is 7.07. The topological polar surface area (TPSA) is 69.9 Å². The number of hydrogen-bond acceptors (Lipinski definition) is 6. The molecular formula is C27H26Cl2N2O4S. The first-order valence-corrected chi connectivity index (χ1v) is 13.3. The Morgan fingerprint density at radius 2 is 1.89 bits per heavy atom. The van der Waals surface area contributed by atoms with Gasteiger partial charge in [-0.05, 0) is 61.7 Å².